The van der Waals surface area contributed by atoms with E-state index in [0.29, 0.717) is 0 Å². The molecule has 1 aromatic heterocycles. The molecule has 0 aliphatic carbocycles. The van der Waals surface area contributed by atoms with Crippen LogP contribution in [0.25, 0.3) is 22.3 Å². The zero-order chi connectivity index (χ0) is 38.5. The van der Waals surface area contributed by atoms with Crippen LogP contribution >= 0.6 is 0 Å². The van der Waals surface area contributed by atoms with Crippen molar-refractivity contribution in [1.82, 2.24) is 0 Å². The van der Waals surface area contributed by atoms with Gasteiger partial charge in [-0.3, -0.25) is 4.79 Å². The van der Waals surface area contributed by atoms with Gasteiger partial charge in [-0.25, -0.2) is 0 Å². The van der Waals surface area contributed by atoms with Gasteiger partial charge in [-0.2, -0.15) is 0 Å². The van der Waals surface area contributed by atoms with Crippen molar-refractivity contribution in [2.24, 2.45) is 0 Å². The van der Waals surface area contributed by atoms with Crippen molar-refractivity contribution in [3.05, 3.63) is 46.6 Å². The fourth-order valence-corrected chi connectivity index (χ4v) is 6.32. The quantitative estimate of drug-likeness (QED) is 0.110. The van der Waals surface area contributed by atoms with E-state index in [4.69, 9.17) is 37.6 Å². The number of phenolic OH excluding ortho intramolecular Hbond substituents is 2. The molecule has 0 bridgehead atoms. The number of hydrogen-bond acceptors (Lipinski definition) is 19. The Bertz CT molecular complexity index is 1780. The molecule has 53 heavy (non-hydrogen) atoms. The molecule has 3 fully saturated rings. The number of fused-ring (bicyclic) bond motifs is 1. The standard InChI is InChI=1S/C34H42O19/c1-11-20(37)24(41)26(43)33(49-11)52-30-21(38)12(2)48-32(28(30)45)47-10-18-22(39)25(42)27(44)34(51-18)53-31-23(40)19-16(36)8-15(46-3)9-17(19)50-29(31)13-4-6-14(35)7-5-13/h4-9,11-12,18,20-22,24-28,30,32-39,41-45H,10H2,1-3H3/t11-,12-,18+,20-,21-,22-,24-,25-,26+,27+,28+,30-,32+,33-,34-/m0/s1. The van der Waals surface area contributed by atoms with Gasteiger partial charge in [0.2, 0.25) is 17.5 Å². The van der Waals surface area contributed by atoms with E-state index in [1.807, 2.05) is 0 Å². The summed E-state index contributed by atoms with van der Waals surface area (Å²) in [5, 5.41) is 105. The van der Waals surface area contributed by atoms with Gasteiger partial charge in [-0.05, 0) is 38.1 Å². The predicted octanol–water partition coefficient (Wildman–Crippen LogP) is -2.24. The third kappa shape index (κ3) is 7.54. The molecule has 10 N–H and O–H groups in total. The molecule has 19 heteroatoms. The smallest absolute Gasteiger partial charge is 0.239 e. The molecule has 0 saturated carbocycles. The summed E-state index contributed by atoms with van der Waals surface area (Å²) in [4.78, 5) is 13.9. The molecule has 4 heterocycles. The van der Waals surface area contributed by atoms with Gasteiger partial charge in [0, 0.05) is 17.7 Å². The Hall–Kier alpha value is -3.67. The molecule has 3 saturated heterocycles. The van der Waals surface area contributed by atoms with Crippen molar-refractivity contribution >= 4 is 11.0 Å². The average Bonchev–Trinajstić information content (AvgIpc) is 3.13. The largest absolute Gasteiger partial charge is 0.508 e. The van der Waals surface area contributed by atoms with Crippen molar-refractivity contribution in [2.75, 3.05) is 13.7 Å². The van der Waals surface area contributed by atoms with Crippen LogP contribution in [0.15, 0.2) is 45.6 Å². The monoisotopic (exact) mass is 754 g/mol. The van der Waals surface area contributed by atoms with Gasteiger partial charge >= 0.3 is 0 Å². The van der Waals surface area contributed by atoms with E-state index in [1.165, 1.54) is 57.4 Å². The molecule has 2 aromatic carbocycles. The van der Waals surface area contributed by atoms with Crippen LogP contribution < -0.4 is 14.9 Å². The van der Waals surface area contributed by atoms with Crippen LogP contribution in [0.2, 0.25) is 0 Å². The van der Waals surface area contributed by atoms with Crippen LogP contribution in [0.4, 0.5) is 0 Å². The zero-order valence-corrected chi connectivity index (χ0v) is 28.5. The Morgan fingerprint density at radius 1 is 0.698 bits per heavy atom. The van der Waals surface area contributed by atoms with Crippen LogP contribution in [0.3, 0.4) is 0 Å². The highest BCUT2D eigenvalue weighted by atomic mass is 16.7. The third-order valence-electron chi connectivity index (χ3n) is 9.48. The Kier molecular flexibility index (Phi) is 11.5. The van der Waals surface area contributed by atoms with Crippen molar-refractivity contribution in [3.8, 4) is 34.3 Å². The maximum Gasteiger partial charge on any atom is 0.239 e. The molecular weight excluding hydrogens is 712 g/mol. The normalized spacial score (nSPS) is 37.8. The number of rotatable bonds is 9. The predicted molar refractivity (Wildman–Crippen MR) is 175 cm³/mol. The summed E-state index contributed by atoms with van der Waals surface area (Å²) in [7, 11) is 1.34. The number of benzene rings is 2. The van der Waals surface area contributed by atoms with Crippen molar-refractivity contribution in [2.45, 2.75) is 106 Å². The van der Waals surface area contributed by atoms with Gasteiger partial charge in [-0.1, -0.05) is 0 Å². The lowest BCUT2D eigenvalue weighted by atomic mass is 9.97. The summed E-state index contributed by atoms with van der Waals surface area (Å²) in [6.07, 6.45) is -23.9. The highest BCUT2D eigenvalue weighted by molar-refractivity contribution is 5.88. The Morgan fingerprint density at radius 3 is 2.00 bits per heavy atom. The summed E-state index contributed by atoms with van der Waals surface area (Å²) in [6.45, 7) is 2.19. The highest BCUT2D eigenvalue weighted by Gasteiger charge is 2.51. The minimum absolute atomic E-state index is 0.102. The number of aliphatic hydroxyl groups excluding tert-OH is 8. The molecule has 3 aliphatic heterocycles. The molecule has 0 radical (unpaired) electrons. The van der Waals surface area contributed by atoms with Gasteiger partial charge < -0.3 is 88.6 Å². The number of aliphatic hydroxyl groups is 8. The number of hydrogen-bond donors (Lipinski definition) is 10. The molecule has 292 valence electrons. The molecular formula is C34H42O19. The Morgan fingerprint density at radius 2 is 1.32 bits per heavy atom. The Balaban J connectivity index is 1.23. The van der Waals surface area contributed by atoms with Gasteiger partial charge in [0.1, 0.15) is 89.3 Å². The summed E-state index contributed by atoms with van der Waals surface area (Å²) in [5.74, 6) is -1.27. The third-order valence-corrected chi connectivity index (χ3v) is 9.48. The van der Waals surface area contributed by atoms with Crippen LogP contribution in [0.5, 0.6) is 23.0 Å². The zero-order valence-electron chi connectivity index (χ0n) is 28.5. The van der Waals surface area contributed by atoms with Gasteiger partial charge in [0.15, 0.2) is 18.3 Å². The van der Waals surface area contributed by atoms with Crippen LogP contribution in [-0.2, 0) is 23.7 Å². The van der Waals surface area contributed by atoms with E-state index in [2.05, 4.69) is 0 Å². The number of methoxy groups -OCH3 is 1. The minimum Gasteiger partial charge on any atom is -0.508 e. The maximum absolute atomic E-state index is 13.9. The second kappa shape index (κ2) is 15.6. The Labute approximate surface area is 300 Å². The SMILES string of the molecule is COc1cc(O)c2c(=O)c(O[C@@H]3O[C@H](CO[C@@H]4O[C@@H](C)[C@H](O)[C@H](O[C@@H]5O[C@@H](C)[C@H](O)[C@H](O)[C@H]5O)[C@H]4O)[C@H](O)[C@H](O)[C@H]3O)c(-c3ccc(O)cc3)oc2c1. The van der Waals surface area contributed by atoms with E-state index in [1.54, 1.807) is 0 Å². The lowest BCUT2D eigenvalue weighted by Gasteiger charge is -2.46. The first-order chi connectivity index (χ1) is 25.1. The first-order valence-corrected chi connectivity index (χ1v) is 16.6. The van der Waals surface area contributed by atoms with Crippen LogP contribution in [0, 0.1) is 0 Å². The van der Waals surface area contributed by atoms with E-state index < -0.39 is 116 Å². The first-order valence-electron chi connectivity index (χ1n) is 16.6. The second-order valence-electron chi connectivity index (χ2n) is 13.1. The molecule has 6 rings (SSSR count). The molecule has 15 atom stereocenters. The lowest BCUT2D eigenvalue weighted by molar-refractivity contribution is -0.358. The number of aromatic hydroxyl groups is 2. The van der Waals surface area contributed by atoms with E-state index in [-0.39, 0.29) is 33.8 Å². The fourth-order valence-electron chi connectivity index (χ4n) is 6.32. The van der Waals surface area contributed by atoms with Crippen molar-refractivity contribution < 1.29 is 88.6 Å². The molecule has 19 nitrogen and oxygen atoms in total. The number of ether oxygens (including phenoxy) is 7. The van der Waals surface area contributed by atoms with Crippen LogP contribution in [-0.4, -0.2) is 157 Å². The van der Waals surface area contributed by atoms with E-state index >= 15 is 0 Å². The minimum atomic E-state index is -1.96. The fraction of sp³-hybridized carbons (Fsp3) is 0.559. The maximum atomic E-state index is 13.9. The van der Waals surface area contributed by atoms with Gasteiger partial charge in [0.25, 0.3) is 0 Å². The van der Waals surface area contributed by atoms with Crippen molar-refractivity contribution in [3.63, 3.8) is 0 Å². The molecule has 3 aliphatic rings. The van der Waals surface area contributed by atoms with Gasteiger partial charge in [0.05, 0.1) is 25.9 Å². The van der Waals surface area contributed by atoms with Crippen LogP contribution in [0.1, 0.15) is 13.8 Å². The summed E-state index contributed by atoms with van der Waals surface area (Å²) >= 11 is 0. The average molecular weight is 755 g/mol. The number of phenols is 2. The first kappa shape index (κ1) is 39.0. The molecule has 3 aromatic rings. The summed E-state index contributed by atoms with van der Waals surface area (Å²) in [5.41, 5.74) is -0.804. The van der Waals surface area contributed by atoms with Gasteiger partial charge in [-0.15, -0.1) is 0 Å². The molecule has 0 amide bonds. The van der Waals surface area contributed by atoms with Crippen molar-refractivity contribution in [1.29, 1.82) is 0 Å². The molecule has 0 unspecified atom stereocenters. The highest BCUT2D eigenvalue weighted by Crippen LogP contribution is 2.38. The lowest BCUT2D eigenvalue weighted by Crippen LogP contribution is -2.64. The second-order valence-corrected chi connectivity index (χ2v) is 13.1. The summed E-state index contributed by atoms with van der Waals surface area (Å²) < 4.78 is 45.1. The molecule has 0 spiro atoms. The topological polar surface area (TPSA) is 297 Å². The van der Waals surface area contributed by atoms with E-state index in [0.717, 1.165) is 0 Å². The summed E-state index contributed by atoms with van der Waals surface area (Å²) in [6, 6.07) is 7.93. The van der Waals surface area contributed by atoms with E-state index in [9.17, 15) is 55.9 Å².